The van der Waals surface area contributed by atoms with Crippen molar-refractivity contribution in [2.24, 2.45) is 5.92 Å². The molecule has 0 saturated heterocycles. The van der Waals surface area contributed by atoms with E-state index in [-0.39, 0.29) is 24.2 Å². The summed E-state index contributed by atoms with van der Waals surface area (Å²) in [6, 6.07) is 11.4. The zero-order valence-electron chi connectivity index (χ0n) is 12.8. The number of hydrogen-bond donors (Lipinski definition) is 1. The van der Waals surface area contributed by atoms with E-state index in [1.165, 1.54) is 19.2 Å². The van der Waals surface area contributed by atoms with Gasteiger partial charge in [0.25, 0.3) is 0 Å². The van der Waals surface area contributed by atoms with E-state index < -0.39 is 0 Å². The highest BCUT2D eigenvalue weighted by molar-refractivity contribution is 5.94. The lowest BCUT2D eigenvalue weighted by atomic mass is 10.2. The molecule has 120 valence electrons. The van der Waals surface area contributed by atoms with E-state index in [4.69, 9.17) is 9.47 Å². The third kappa shape index (κ3) is 4.00. The molecular formula is C18H18FNO3. The van der Waals surface area contributed by atoms with Crippen LogP contribution in [-0.2, 0) is 11.4 Å². The summed E-state index contributed by atoms with van der Waals surface area (Å²) in [5, 5.41) is 2.87. The minimum atomic E-state index is -0.331. The first-order valence-electron chi connectivity index (χ1n) is 7.52. The first-order valence-corrected chi connectivity index (χ1v) is 7.52. The van der Waals surface area contributed by atoms with Crippen molar-refractivity contribution in [3.63, 3.8) is 0 Å². The molecule has 1 N–H and O–H groups in total. The van der Waals surface area contributed by atoms with Crippen LogP contribution in [0.3, 0.4) is 0 Å². The van der Waals surface area contributed by atoms with Crippen molar-refractivity contribution in [1.82, 2.24) is 0 Å². The number of amides is 1. The van der Waals surface area contributed by atoms with Crippen LogP contribution in [-0.4, -0.2) is 13.0 Å². The Morgan fingerprint density at radius 2 is 1.96 bits per heavy atom. The third-order valence-corrected chi connectivity index (χ3v) is 3.71. The molecular weight excluding hydrogens is 297 g/mol. The van der Waals surface area contributed by atoms with E-state index in [2.05, 4.69) is 5.32 Å². The molecule has 0 unspecified atom stereocenters. The lowest BCUT2D eigenvalue weighted by Gasteiger charge is -2.11. The number of nitrogens with one attached hydrogen (secondary N) is 1. The fourth-order valence-corrected chi connectivity index (χ4v) is 2.25. The van der Waals surface area contributed by atoms with Gasteiger partial charge < -0.3 is 14.8 Å². The van der Waals surface area contributed by atoms with Gasteiger partial charge in [-0.3, -0.25) is 4.79 Å². The number of benzene rings is 2. The van der Waals surface area contributed by atoms with Gasteiger partial charge in [0, 0.05) is 17.2 Å². The highest BCUT2D eigenvalue weighted by atomic mass is 19.1. The Morgan fingerprint density at radius 3 is 2.61 bits per heavy atom. The van der Waals surface area contributed by atoms with Crippen LogP contribution in [0.5, 0.6) is 11.5 Å². The largest absolute Gasteiger partial charge is 0.496 e. The molecule has 0 bridgehead atoms. The van der Waals surface area contributed by atoms with Crippen LogP contribution in [0.2, 0.25) is 0 Å². The summed E-state index contributed by atoms with van der Waals surface area (Å²) in [4.78, 5) is 11.7. The summed E-state index contributed by atoms with van der Waals surface area (Å²) in [5.74, 6) is 1.14. The van der Waals surface area contributed by atoms with Crippen LogP contribution >= 0.6 is 0 Å². The predicted molar refractivity (Wildman–Crippen MR) is 85.1 cm³/mol. The van der Waals surface area contributed by atoms with Crippen molar-refractivity contribution < 1.29 is 18.7 Å². The molecule has 0 atom stereocenters. The van der Waals surface area contributed by atoms with Crippen molar-refractivity contribution >= 4 is 11.6 Å². The average Bonchev–Trinajstić information content (AvgIpc) is 3.39. The van der Waals surface area contributed by atoms with Gasteiger partial charge in [0.2, 0.25) is 5.91 Å². The second-order valence-corrected chi connectivity index (χ2v) is 5.53. The number of ether oxygens (including phenoxy) is 2. The Morgan fingerprint density at radius 1 is 1.22 bits per heavy atom. The van der Waals surface area contributed by atoms with Crippen LogP contribution in [0, 0.1) is 11.7 Å². The summed E-state index contributed by atoms with van der Waals surface area (Å²) < 4.78 is 24.1. The van der Waals surface area contributed by atoms with Gasteiger partial charge in [0.15, 0.2) is 0 Å². The number of halogens is 1. The summed E-state index contributed by atoms with van der Waals surface area (Å²) in [6.45, 7) is 0.203. The molecule has 23 heavy (non-hydrogen) atoms. The lowest BCUT2D eigenvalue weighted by Crippen LogP contribution is -2.13. The van der Waals surface area contributed by atoms with Crippen LogP contribution in [0.25, 0.3) is 0 Å². The summed E-state index contributed by atoms with van der Waals surface area (Å²) >= 11 is 0. The lowest BCUT2D eigenvalue weighted by molar-refractivity contribution is -0.117. The molecule has 0 aromatic heterocycles. The molecule has 1 amide bonds. The average molecular weight is 315 g/mol. The third-order valence-electron chi connectivity index (χ3n) is 3.71. The van der Waals surface area contributed by atoms with Gasteiger partial charge in [-0.2, -0.15) is 0 Å². The van der Waals surface area contributed by atoms with Crippen molar-refractivity contribution in [2.75, 3.05) is 12.4 Å². The maximum Gasteiger partial charge on any atom is 0.227 e. The van der Waals surface area contributed by atoms with Gasteiger partial charge in [-0.25, -0.2) is 4.39 Å². The van der Waals surface area contributed by atoms with E-state index in [1.54, 1.807) is 30.3 Å². The van der Waals surface area contributed by atoms with Crippen molar-refractivity contribution in [2.45, 2.75) is 19.4 Å². The Kier molecular flexibility index (Phi) is 4.46. The van der Waals surface area contributed by atoms with Gasteiger partial charge in [0.1, 0.15) is 23.9 Å². The maximum absolute atomic E-state index is 13.3. The van der Waals surface area contributed by atoms with E-state index in [0.717, 1.165) is 18.5 Å². The molecule has 0 radical (unpaired) electrons. The summed E-state index contributed by atoms with van der Waals surface area (Å²) in [6.07, 6.45) is 1.95. The fourth-order valence-electron chi connectivity index (χ4n) is 2.25. The molecule has 3 rings (SSSR count). The smallest absolute Gasteiger partial charge is 0.227 e. The van der Waals surface area contributed by atoms with E-state index in [0.29, 0.717) is 17.1 Å². The zero-order valence-corrected chi connectivity index (χ0v) is 12.8. The molecule has 5 heteroatoms. The number of hydrogen-bond acceptors (Lipinski definition) is 3. The van der Waals surface area contributed by atoms with Crippen molar-refractivity contribution in [3.8, 4) is 11.5 Å². The molecule has 0 heterocycles. The molecule has 2 aromatic rings. The van der Waals surface area contributed by atoms with E-state index in [9.17, 15) is 9.18 Å². The molecule has 4 nitrogen and oxygen atoms in total. The SMILES string of the molecule is COc1ccc(F)cc1COc1ccc(NC(=O)C2CC2)cc1. The van der Waals surface area contributed by atoms with E-state index in [1.807, 2.05) is 0 Å². The normalized spacial score (nSPS) is 13.5. The molecule has 0 spiro atoms. The van der Waals surface area contributed by atoms with Crippen LogP contribution in [0.15, 0.2) is 42.5 Å². The molecule has 1 fully saturated rings. The van der Waals surface area contributed by atoms with Gasteiger partial charge in [-0.15, -0.1) is 0 Å². The van der Waals surface area contributed by atoms with Crippen LogP contribution < -0.4 is 14.8 Å². The number of carbonyl (C=O) groups excluding carboxylic acids is 1. The Hall–Kier alpha value is -2.56. The first-order chi connectivity index (χ1) is 11.2. The van der Waals surface area contributed by atoms with E-state index >= 15 is 0 Å². The molecule has 1 aliphatic carbocycles. The quantitative estimate of drug-likeness (QED) is 0.883. The van der Waals surface area contributed by atoms with Crippen molar-refractivity contribution in [1.29, 1.82) is 0 Å². The van der Waals surface area contributed by atoms with Gasteiger partial charge >= 0.3 is 0 Å². The maximum atomic E-state index is 13.3. The number of methoxy groups -OCH3 is 1. The van der Waals surface area contributed by atoms with Crippen LogP contribution in [0.4, 0.5) is 10.1 Å². The molecule has 1 aliphatic rings. The number of carbonyl (C=O) groups is 1. The topological polar surface area (TPSA) is 47.6 Å². The molecule has 0 aliphatic heterocycles. The fraction of sp³-hybridized carbons (Fsp3) is 0.278. The molecule has 1 saturated carbocycles. The van der Waals surface area contributed by atoms with Gasteiger partial charge in [0.05, 0.1) is 7.11 Å². The minimum Gasteiger partial charge on any atom is -0.496 e. The first kappa shape index (κ1) is 15.3. The predicted octanol–water partition coefficient (Wildman–Crippen LogP) is 3.76. The van der Waals surface area contributed by atoms with Crippen molar-refractivity contribution in [3.05, 3.63) is 53.8 Å². The number of anilines is 1. The highest BCUT2D eigenvalue weighted by Gasteiger charge is 2.29. The summed E-state index contributed by atoms with van der Waals surface area (Å²) in [5.41, 5.74) is 1.39. The number of rotatable bonds is 6. The van der Waals surface area contributed by atoms with Crippen LogP contribution in [0.1, 0.15) is 18.4 Å². The standard InChI is InChI=1S/C18H18FNO3/c1-22-17-9-4-14(19)10-13(17)11-23-16-7-5-15(6-8-16)20-18(21)12-2-3-12/h4-10,12H,2-3,11H2,1H3,(H,20,21). The zero-order chi connectivity index (χ0) is 16.2. The summed E-state index contributed by atoms with van der Waals surface area (Å²) in [7, 11) is 1.54. The Balaban J connectivity index is 1.60. The second kappa shape index (κ2) is 6.69. The van der Waals surface area contributed by atoms with Gasteiger partial charge in [-0.05, 0) is 55.3 Å². The van der Waals surface area contributed by atoms with Gasteiger partial charge in [-0.1, -0.05) is 0 Å². The highest BCUT2D eigenvalue weighted by Crippen LogP contribution is 2.30. The molecule has 2 aromatic carbocycles. The monoisotopic (exact) mass is 315 g/mol. The second-order valence-electron chi connectivity index (χ2n) is 5.53. The Labute approximate surface area is 134 Å². The Bertz CT molecular complexity index is 696. The minimum absolute atomic E-state index is 0.0724.